The molecule has 206 valence electrons. The second-order valence-electron chi connectivity index (χ2n) is 6.20. The van der Waals surface area contributed by atoms with Crippen LogP contribution in [-0.2, 0) is 19.1 Å². The van der Waals surface area contributed by atoms with Gasteiger partial charge < -0.3 is 14.9 Å². The number of carbonyl (C=O) groups is 3. The van der Waals surface area contributed by atoms with Gasteiger partial charge in [-0.1, -0.05) is 0 Å². The van der Waals surface area contributed by atoms with Crippen LogP contribution in [0.1, 0.15) is 6.42 Å². The fourth-order valence-corrected chi connectivity index (χ4v) is 1.80. The third-order valence-corrected chi connectivity index (χ3v) is 3.81. The summed E-state index contributed by atoms with van der Waals surface area (Å²) in [7, 11) is 0. The average molecular weight is 562 g/mol. The summed E-state index contributed by atoms with van der Waals surface area (Å²) in [5.74, 6) is -67.4. The van der Waals surface area contributed by atoms with E-state index < -0.39 is 78.3 Å². The van der Waals surface area contributed by atoms with E-state index >= 15 is 0 Å². The molecule has 0 saturated heterocycles. The molecule has 22 heteroatoms. The van der Waals surface area contributed by atoms with Gasteiger partial charge in [-0.3, -0.25) is 4.79 Å². The molecule has 0 fully saturated rings. The summed E-state index contributed by atoms with van der Waals surface area (Å²) in [6.07, 6.45) is -11.5. The van der Waals surface area contributed by atoms with Crippen molar-refractivity contribution in [2.45, 2.75) is 60.4 Å². The Morgan fingerprint density at radius 2 is 0.971 bits per heavy atom. The zero-order chi connectivity index (χ0) is 28.8. The zero-order valence-corrected chi connectivity index (χ0v) is 15.4. The number of hydrogen-bond donors (Lipinski definition) is 2. The van der Waals surface area contributed by atoms with Crippen LogP contribution < -0.4 is 0 Å². The lowest BCUT2D eigenvalue weighted by Gasteiger charge is -2.42. The number of carboxylic acid groups (broad SMARTS) is 2. The van der Waals surface area contributed by atoms with Gasteiger partial charge in [0.15, 0.2) is 0 Å². The first-order chi connectivity index (χ1) is 15.1. The van der Waals surface area contributed by atoms with Crippen LogP contribution in [0.2, 0.25) is 0 Å². The molecule has 1 unspecified atom stereocenters. The molecule has 6 nitrogen and oxygen atoms in total. The third-order valence-electron chi connectivity index (χ3n) is 3.81. The molecule has 2 N–H and O–H groups in total. The molecule has 0 radical (unpaired) electrons. The maximum Gasteiger partial charge on any atom is 0.411 e. The Labute approximate surface area is 179 Å². The van der Waals surface area contributed by atoms with Gasteiger partial charge in [0.1, 0.15) is 0 Å². The summed E-state index contributed by atoms with van der Waals surface area (Å²) in [6, 6.07) is 0. The van der Waals surface area contributed by atoms with Crippen LogP contribution in [0, 0.1) is 0 Å². The molecule has 35 heavy (non-hydrogen) atoms. The van der Waals surface area contributed by atoms with Crippen molar-refractivity contribution in [2.75, 3.05) is 0 Å². The third kappa shape index (κ3) is 4.74. The lowest BCUT2D eigenvalue weighted by Crippen LogP contribution is -2.74. The summed E-state index contributed by atoms with van der Waals surface area (Å²) >= 11 is 0. The number of carboxylic acids is 2. The summed E-state index contributed by atoms with van der Waals surface area (Å²) in [5.41, 5.74) is 0. The molecule has 0 heterocycles. The normalized spacial score (nSPS) is 15.7. The Kier molecular flexibility index (Phi) is 8.36. The molecule has 1 atom stereocenters. The van der Waals surface area contributed by atoms with Gasteiger partial charge in [0.05, 0.1) is 6.42 Å². The number of halogens is 16. The number of carbonyl (C=O) groups excluding carboxylic acids is 1. The minimum absolute atomic E-state index is 2.07. The smallest absolute Gasteiger partial charge is 0.411 e. The molecule has 0 spiro atoms. The van der Waals surface area contributed by atoms with E-state index in [1.165, 1.54) is 0 Å². The summed E-state index contributed by atoms with van der Waals surface area (Å²) < 4.78 is 213. The van der Waals surface area contributed by atoms with Gasteiger partial charge in [-0.2, -0.15) is 61.5 Å². The van der Waals surface area contributed by atoms with Crippen molar-refractivity contribution in [3.05, 3.63) is 0 Å². The lowest BCUT2D eigenvalue weighted by atomic mass is 9.89. The molecule has 0 aromatic carbocycles. The molecule has 0 saturated carbocycles. The Morgan fingerprint density at radius 3 is 1.29 bits per heavy atom. The Hall–Kier alpha value is -2.71. The predicted octanol–water partition coefficient (Wildman–Crippen LogP) is 4.17. The number of rotatable bonds is 12. The summed E-state index contributed by atoms with van der Waals surface area (Å²) in [4.78, 5) is 31.9. The van der Waals surface area contributed by atoms with Gasteiger partial charge in [0.2, 0.25) is 6.10 Å². The molecular weight excluding hydrogens is 556 g/mol. The van der Waals surface area contributed by atoms with Crippen LogP contribution in [0.3, 0.4) is 0 Å². The van der Waals surface area contributed by atoms with Crippen LogP contribution >= 0.6 is 0 Å². The van der Waals surface area contributed by atoms with Gasteiger partial charge >= 0.3 is 65.8 Å². The SMILES string of the molecule is O=C(O)CC(OC(=O)C(F)(F)C(F)(F)C(F)(F)C(F)(F)C(F)(F)C(F)(F)C(F)(F)C(F)F)C(=O)O. The zero-order valence-electron chi connectivity index (χ0n) is 15.4. The van der Waals surface area contributed by atoms with Gasteiger partial charge in [-0.15, -0.1) is 0 Å². The Balaban J connectivity index is 6.62. The minimum atomic E-state index is -8.76. The van der Waals surface area contributed by atoms with Gasteiger partial charge in [0.25, 0.3) is 0 Å². The number of ether oxygens (including phenoxy) is 1. The van der Waals surface area contributed by atoms with Crippen molar-refractivity contribution < 1.29 is 99.6 Å². The van der Waals surface area contributed by atoms with Crippen molar-refractivity contribution in [1.82, 2.24) is 0 Å². The monoisotopic (exact) mass is 562 g/mol. The molecule has 0 bridgehead atoms. The van der Waals surface area contributed by atoms with Crippen molar-refractivity contribution in [3.63, 3.8) is 0 Å². The van der Waals surface area contributed by atoms with E-state index in [1.807, 2.05) is 0 Å². The van der Waals surface area contributed by atoms with E-state index in [-0.39, 0.29) is 0 Å². The molecule has 0 aromatic heterocycles. The van der Waals surface area contributed by atoms with E-state index in [9.17, 15) is 84.6 Å². The van der Waals surface area contributed by atoms with Gasteiger partial charge in [-0.25, -0.2) is 18.4 Å². The van der Waals surface area contributed by atoms with Gasteiger partial charge in [-0.05, 0) is 0 Å². The molecule has 0 aliphatic carbocycles. The predicted molar refractivity (Wildman–Crippen MR) is 70.4 cm³/mol. The highest BCUT2D eigenvalue weighted by molar-refractivity contribution is 5.85. The number of hydrogen-bond acceptors (Lipinski definition) is 4. The average Bonchev–Trinajstić information content (AvgIpc) is 2.65. The van der Waals surface area contributed by atoms with Crippen molar-refractivity contribution in [3.8, 4) is 0 Å². The van der Waals surface area contributed by atoms with Gasteiger partial charge in [0, 0.05) is 0 Å². The maximum atomic E-state index is 13.6. The van der Waals surface area contributed by atoms with E-state index in [0.717, 1.165) is 0 Å². The van der Waals surface area contributed by atoms with Crippen molar-refractivity contribution >= 4 is 17.9 Å². The maximum absolute atomic E-state index is 13.6. The van der Waals surface area contributed by atoms with Crippen LogP contribution in [0.5, 0.6) is 0 Å². The minimum Gasteiger partial charge on any atom is -0.481 e. The van der Waals surface area contributed by atoms with E-state index in [2.05, 4.69) is 4.74 Å². The first-order valence-electron chi connectivity index (χ1n) is 7.67. The molecule has 0 aromatic rings. The topological polar surface area (TPSA) is 101 Å². The van der Waals surface area contributed by atoms with Crippen LogP contribution in [0.25, 0.3) is 0 Å². The van der Waals surface area contributed by atoms with Crippen LogP contribution in [0.15, 0.2) is 0 Å². The van der Waals surface area contributed by atoms with Crippen molar-refractivity contribution in [1.29, 1.82) is 0 Å². The first kappa shape index (κ1) is 32.3. The molecule has 0 aliphatic heterocycles. The molecule has 0 rings (SSSR count). The summed E-state index contributed by atoms with van der Waals surface area (Å²) in [5, 5.41) is 16.6. The summed E-state index contributed by atoms with van der Waals surface area (Å²) in [6.45, 7) is 0. The largest absolute Gasteiger partial charge is 0.481 e. The Morgan fingerprint density at radius 1 is 0.629 bits per heavy atom. The molecule has 0 aliphatic rings. The Bertz CT molecular complexity index is 838. The van der Waals surface area contributed by atoms with Crippen LogP contribution in [-0.4, -0.2) is 82.1 Å². The quantitative estimate of drug-likeness (QED) is 0.274. The highest BCUT2D eigenvalue weighted by atomic mass is 19.4. The number of aliphatic carboxylic acids is 2. The first-order valence-corrected chi connectivity index (χ1v) is 7.67. The number of alkyl halides is 16. The number of esters is 1. The van der Waals surface area contributed by atoms with E-state index in [0.29, 0.717) is 0 Å². The van der Waals surface area contributed by atoms with Crippen molar-refractivity contribution in [2.24, 2.45) is 0 Å². The van der Waals surface area contributed by atoms with Crippen LogP contribution in [0.4, 0.5) is 70.2 Å². The molecular formula is C13H6F16O6. The van der Waals surface area contributed by atoms with E-state index in [1.54, 1.807) is 0 Å². The highest BCUT2D eigenvalue weighted by Gasteiger charge is 2.94. The lowest BCUT2D eigenvalue weighted by molar-refractivity contribution is -0.444. The second kappa shape index (κ2) is 9.06. The van der Waals surface area contributed by atoms with E-state index in [4.69, 9.17) is 10.2 Å². The highest BCUT2D eigenvalue weighted by Crippen LogP contribution is 2.62. The second-order valence-corrected chi connectivity index (χ2v) is 6.20. The fourth-order valence-electron chi connectivity index (χ4n) is 1.80. The standard InChI is InChI=1S/C13H6F16O6/c14-5(15)7(16,17)9(20,21)11(24,25)13(28,29)12(26,27)10(22,23)8(18,19)6(34)35-2(4(32)33)1-3(30)31/h2,5H,1H2,(H,30,31)(H,32,33). The molecule has 0 amide bonds. The fraction of sp³-hybridized carbons (Fsp3) is 0.769.